The zero-order chi connectivity index (χ0) is 14.8. The summed E-state index contributed by atoms with van der Waals surface area (Å²) in [6.45, 7) is 5.89. The van der Waals surface area contributed by atoms with Gasteiger partial charge in [0.2, 0.25) is 5.91 Å². The van der Waals surface area contributed by atoms with E-state index in [4.69, 9.17) is 5.73 Å². The molecule has 0 aliphatic rings. The Labute approximate surface area is 123 Å². The van der Waals surface area contributed by atoms with Crippen molar-refractivity contribution in [1.29, 1.82) is 0 Å². The summed E-state index contributed by atoms with van der Waals surface area (Å²) in [7, 11) is 0. The number of hydrogen-bond donors (Lipinski definition) is 2. The predicted octanol–water partition coefficient (Wildman–Crippen LogP) is 2.85. The van der Waals surface area contributed by atoms with E-state index < -0.39 is 0 Å². The molecule has 20 heavy (non-hydrogen) atoms. The SMILES string of the molecule is CC(C)(C)NC(=O)Cc1csc(-c2ccc(N)cc2)n1. The maximum absolute atomic E-state index is 11.9. The first kappa shape index (κ1) is 14.5. The van der Waals surface area contributed by atoms with Crippen LogP contribution in [0.2, 0.25) is 0 Å². The number of carbonyl (C=O) groups is 1. The van der Waals surface area contributed by atoms with Gasteiger partial charge in [0.1, 0.15) is 5.01 Å². The third-order valence-electron chi connectivity index (χ3n) is 2.57. The lowest BCUT2D eigenvalue weighted by Gasteiger charge is -2.20. The number of nitrogens with zero attached hydrogens (tertiary/aromatic N) is 1. The van der Waals surface area contributed by atoms with Crippen LogP contribution in [0.15, 0.2) is 29.6 Å². The lowest BCUT2D eigenvalue weighted by Crippen LogP contribution is -2.41. The van der Waals surface area contributed by atoms with E-state index in [0.29, 0.717) is 6.42 Å². The number of nitrogens with one attached hydrogen (secondary N) is 1. The molecule has 0 aliphatic carbocycles. The van der Waals surface area contributed by atoms with Crippen molar-refractivity contribution in [1.82, 2.24) is 10.3 Å². The number of nitrogens with two attached hydrogens (primary N) is 1. The molecule has 0 atom stereocenters. The Kier molecular flexibility index (Phi) is 4.09. The van der Waals surface area contributed by atoms with Gasteiger partial charge >= 0.3 is 0 Å². The molecule has 0 saturated carbocycles. The Balaban J connectivity index is 2.06. The zero-order valence-electron chi connectivity index (χ0n) is 11.9. The molecule has 4 nitrogen and oxygen atoms in total. The first-order valence-electron chi connectivity index (χ1n) is 6.45. The number of carbonyl (C=O) groups excluding carboxylic acids is 1. The van der Waals surface area contributed by atoms with Gasteiger partial charge in [-0.05, 0) is 45.0 Å². The van der Waals surface area contributed by atoms with Gasteiger partial charge in [-0.1, -0.05) is 0 Å². The van der Waals surface area contributed by atoms with Crippen molar-refractivity contribution in [3.63, 3.8) is 0 Å². The molecule has 106 valence electrons. The first-order valence-corrected chi connectivity index (χ1v) is 7.33. The second-order valence-electron chi connectivity index (χ2n) is 5.74. The molecule has 0 unspecified atom stereocenters. The summed E-state index contributed by atoms with van der Waals surface area (Å²) in [4.78, 5) is 16.4. The molecule has 0 radical (unpaired) electrons. The smallest absolute Gasteiger partial charge is 0.226 e. The molecule has 1 amide bonds. The van der Waals surface area contributed by atoms with E-state index in [1.807, 2.05) is 50.4 Å². The summed E-state index contributed by atoms with van der Waals surface area (Å²) in [5.74, 6) is -0.00773. The molecule has 1 heterocycles. The maximum Gasteiger partial charge on any atom is 0.226 e. The van der Waals surface area contributed by atoms with Crippen LogP contribution in [0.3, 0.4) is 0 Å². The van der Waals surface area contributed by atoms with Crippen molar-refractivity contribution < 1.29 is 4.79 Å². The average molecular weight is 289 g/mol. The van der Waals surface area contributed by atoms with Crippen molar-refractivity contribution >= 4 is 22.9 Å². The molecule has 1 aromatic heterocycles. The van der Waals surface area contributed by atoms with Crippen LogP contribution >= 0.6 is 11.3 Å². The van der Waals surface area contributed by atoms with Crippen LogP contribution in [0, 0.1) is 0 Å². The number of anilines is 1. The summed E-state index contributed by atoms with van der Waals surface area (Å²) in [6, 6.07) is 7.58. The van der Waals surface area contributed by atoms with Crippen LogP contribution in [0.5, 0.6) is 0 Å². The third kappa shape index (κ3) is 4.06. The highest BCUT2D eigenvalue weighted by Gasteiger charge is 2.15. The summed E-state index contributed by atoms with van der Waals surface area (Å²) < 4.78 is 0. The molecule has 2 rings (SSSR count). The van der Waals surface area contributed by atoms with Gasteiger partial charge in [0, 0.05) is 22.2 Å². The highest BCUT2D eigenvalue weighted by atomic mass is 32.1. The van der Waals surface area contributed by atoms with Crippen molar-refractivity contribution in [2.75, 3.05) is 5.73 Å². The minimum absolute atomic E-state index is 0.00773. The summed E-state index contributed by atoms with van der Waals surface area (Å²) in [6.07, 6.45) is 0.308. The van der Waals surface area contributed by atoms with Crippen LogP contribution in [0.4, 0.5) is 5.69 Å². The zero-order valence-corrected chi connectivity index (χ0v) is 12.8. The van der Waals surface area contributed by atoms with Crippen LogP contribution in [0.25, 0.3) is 10.6 Å². The largest absolute Gasteiger partial charge is 0.399 e. The number of hydrogen-bond acceptors (Lipinski definition) is 4. The Morgan fingerprint density at radius 1 is 1.30 bits per heavy atom. The maximum atomic E-state index is 11.9. The van der Waals surface area contributed by atoms with E-state index in [2.05, 4.69) is 10.3 Å². The Morgan fingerprint density at radius 3 is 2.55 bits per heavy atom. The summed E-state index contributed by atoms with van der Waals surface area (Å²) in [5, 5.41) is 5.76. The van der Waals surface area contributed by atoms with Crippen molar-refractivity contribution in [2.45, 2.75) is 32.7 Å². The predicted molar refractivity (Wildman–Crippen MR) is 83.6 cm³/mol. The molecule has 0 fully saturated rings. The quantitative estimate of drug-likeness (QED) is 0.854. The summed E-state index contributed by atoms with van der Waals surface area (Å²) in [5.41, 5.74) is 8.00. The fourth-order valence-corrected chi connectivity index (χ4v) is 2.60. The van der Waals surface area contributed by atoms with Gasteiger partial charge in [-0.15, -0.1) is 11.3 Å². The summed E-state index contributed by atoms with van der Waals surface area (Å²) >= 11 is 1.54. The standard InChI is InChI=1S/C15H19N3OS/c1-15(2,3)18-13(19)8-12-9-20-14(17-12)10-4-6-11(16)7-5-10/h4-7,9H,8,16H2,1-3H3,(H,18,19). The average Bonchev–Trinajstić information content (AvgIpc) is 2.75. The minimum Gasteiger partial charge on any atom is -0.399 e. The lowest BCUT2D eigenvalue weighted by molar-refractivity contribution is -0.121. The number of amides is 1. The van der Waals surface area contributed by atoms with E-state index in [-0.39, 0.29) is 11.4 Å². The van der Waals surface area contributed by atoms with Crippen LogP contribution in [0.1, 0.15) is 26.5 Å². The van der Waals surface area contributed by atoms with Crippen LogP contribution in [-0.2, 0) is 11.2 Å². The van der Waals surface area contributed by atoms with Gasteiger partial charge in [-0.3, -0.25) is 4.79 Å². The van der Waals surface area contributed by atoms with Crippen molar-refractivity contribution in [3.05, 3.63) is 35.3 Å². The fraction of sp³-hybridized carbons (Fsp3) is 0.333. The highest BCUT2D eigenvalue weighted by molar-refractivity contribution is 7.13. The number of thiazole rings is 1. The molecule has 2 aromatic rings. The van der Waals surface area contributed by atoms with Gasteiger partial charge in [0.05, 0.1) is 12.1 Å². The number of benzene rings is 1. The molecule has 0 aliphatic heterocycles. The molecule has 1 aromatic carbocycles. The fourth-order valence-electron chi connectivity index (χ4n) is 1.77. The van der Waals surface area contributed by atoms with Crippen molar-refractivity contribution in [3.8, 4) is 10.6 Å². The minimum atomic E-state index is -0.215. The molecule has 3 N–H and O–H groups in total. The number of nitrogen functional groups attached to an aromatic ring is 1. The van der Waals surface area contributed by atoms with E-state index >= 15 is 0 Å². The highest BCUT2D eigenvalue weighted by Crippen LogP contribution is 2.24. The molecular weight excluding hydrogens is 270 g/mol. The van der Waals surface area contributed by atoms with E-state index in [9.17, 15) is 4.79 Å². The van der Waals surface area contributed by atoms with Gasteiger partial charge in [0.25, 0.3) is 0 Å². The van der Waals surface area contributed by atoms with Gasteiger partial charge in [0.15, 0.2) is 0 Å². The molecule has 0 bridgehead atoms. The Bertz CT molecular complexity index is 596. The van der Waals surface area contributed by atoms with Crippen LogP contribution in [-0.4, -0.2) is 16.4 Å². The van der Waals surface area contributed by atoms with Crippen LogP contribution < -0.4 is 11.1 Å². The van der Waals surface area contributed by atoms with Gasteiger partial charge in [-0.25, -0.2) is 4.98 Å². The second-order valence-corrected chi connectivity index (χ2v) is 6.60. The van der Waals surface area contributed by atoms with Gasteiger partial charge < -0.3 is 11.1 Å². The Morgan fingerprint density at radius 2 is 1.95 bits per heavy atom. The molecule has 5 heteroatoms. The molecular formula is C15H19N3OS. The van der Waals surface area contributed by atoms with E-state index in [0.717, 1.165) is 22.0 Å². The molecule has 0 saturated heterocycles. The number of rotatable bonds is 3. The first-order chi connectivity index (χ1) is 9.33. The number of aromatic nitrogens is 1. The lowest BCUT2D eigenvalue weighted by atomic mass is 10.1. The van der Waals surface area contributed by atoms with Gasteiger partial charge in [-0.2, -0.15) is 0 Å². The second kappa shape index (κ2) is 5.63. The third-order valence-corrected chi connectivity index (χ3v) is 3.51. The topological polar surface area (TPSA) is 68.0 Å². The Hall–Kier alpha value is -1.88. The normalized spacial score (nSPS) is 11.3. The molecule has 0 spiro atoms. The monoisotopic (exact) mass is 289 g/mol. The van der Waals surface area contributed by atoms with Crippen molar-refractivity contribution in [2.24, 2.45) is 0 Å². The van der Waals surface area contributed by atoms with E-state index in [1.165, 1.54) is 11.3 Å². The van der Waals surface area contributed by atoms with E-state index in [1.54, 1.807) is 0 Å².